The zero-order valence-corrected chi connectivity index (χ0v) is 10.4. The van der Waals surface area contributed by atoms with Crippen LogP contribution in [0.5, 0.6) is 0 Å². The molecule has 0 radical (unpaired) electrons. The smallest absolute Gasteiger partial charge is 0.234 e. The van der Waals surface area contributed by atoms with Crippen LogP contribution in [0.4, 0.5) is 0 Å². The summed E-state index contributed by atoms with van der Waals surface area (Å²) in [4.78, 5) is 13.7. The Labute approximate surface area is 103 Å². The molecule has 2 bridgehead atoms. The van der Waals surface area contributed by atoms with Crippen molar-refractivity contribution in [1.82, 2.24) is 15.5 Å². The fourth-order valence-corrected chi connectivity index (χ4v) is 2.95. The van der Waals surface area contributed by atoms with Crippen molar-refractivity contribution in [2.45, 2.75) is 43.8 Å². The lowest BCUT2D eigenvalue weighted by atomic mass is 9.98. The summed E-state index contributed by atoms with van der Waals surface area (Å²) in [7, 11) is 2.03. The summed E-state index contributed by atoms with van der Waals surface area (Å²) in [6, 6.07) is 1.86. The summed E-state index contributed by atoms with van der Waals surface area (Å²) >= 11 is 0. The zero-order valence-electron chi connectivity index (χ0n) is 10.4. The maximum atomic E-state index is 11.6. The van der Waals surface area contributed by atoms with Gasteiger partial charge in [-0.05, 0) is 32.7 Å². The first-order valence-corrected chi connectivity index (χ1v) is 6.35. The molecule has 4 heteroatoms. The molecular weight excluding hydrogens is 214 g/mol. The van der Waals surface area contributed by atoms with Gasteiger partial charge in [0.1, 0.15) is 0 Å². The predicted octanol–water partition coefficient (Wildman–Crippen LogP) is -0.0494. The Kier molecular flexibility index (Phi) is 4.03. The number of rotatable bonds is 4. The number of carbonyl (C=O) groups is 1. The number of fused-ring (bicyclic) bond motifs is 2. The Balaban J connectivity index is 1.78. The second-order valence-electron chi connectivity index (χ2n) is 5.16. The summed E-state index contributed by atoms with van der Waals surface area (Å²) in [5.74, 6) is 2.44. The zero-order chi connectivity index (χ0) is 12.3. The largest absolute Gasteiger partial charge is 0.344 e. The van der Waals surface area contributed by atoms with Crippen molar-refractivity contribution in [2.24, 2.45) is 0 Å². The third-order valence-electron chi connectivity index (χ3n) is 3.85. The van der Waals surface area contributed by atoms with Crippen LogP contribution in [0.1, 0.15) is 25.7 Å². The van der Waals surface area contributed by atoms with Gasteiger partial charge in [0.05, 0.1) is 13.1 Å². The maximum absolute atomic E-state index is 11.6. The van der Waals surface area contributed by atoms with Gasteiger partial charge in [-0.3, -0.25) is 9.69 Å². The minimum absolute atomic E-state index is 0.0244. The molecule has 2 fully saturated rings. The average Bonchev–Trinajstić information content (AvgIpc) is 2.65. The Morgan fingerprint density at radius 1 is 1.47 bits per heavy atom. The lowest BCUT2D eigenvalue weighted by Gasteiger charge is -2.35. The van der Waals surface area contributed by atoms with Gasteiger partial charge >= 0.3 is 0 Å². The summed E-state index contributed by atoms with van der Waals surface area (Å²) < 4.78 is 0. The molecule has 2 heterocycles. The van der Waals surface area contributed by atoms with E-state index < -0.39 is 0 Å². The van der Waals surface area contributed by atoms with Crippen LogP contribution in [0.15, 0.2) is 0 Å². The fourth-order valence-electron chi connectivity index (χ4n) is 2.95. The monoisotopic (exact) mass is 235 g/mol. The highest BCUT2D eigenvalue weighted by atomic mass is 16.2. The van der Waals surface area contributed by atoms with Gasteiger partial charge in [-0.1, -0.05) is 5.92 Å². The van der Waals surface area contributed by atoms with Crippen LogP contribution in [-0.2, 0) is 4.79 Å². The number of nitrogens with zero attached hydrogens (tertiary/aromatic N) is 1. The molecule has 2 aliphatic rings. The van der Waals surface area contributed by atoms with Crippen molar-refractivity contribution in [3.63, 3.8) is 0 Å². The van der Waals surface area contributed by atoms with Crippen molar-refractivity contribution < 1.29 is 4.79 Å². The number of terminal acetylenes is 1. The van der Waals surface area contributed by atoms with E-state index in [2.05, 4.69) is 21.5 Å². The number of nitrogens with one attached hydrogen (secondary N) is 2. The van der Waals surface area contributed by atoms with Crippen LogP contribution >= 0.6 is 0 Å². The molecule has 0 aromatic carbocycles. The fraction of sp³-hybridized carbons (Fsp3) is 0.769. The van der Waals surface area contributed by atoms with Gasteiger partial charge in [0.2, 0.25) is 5.91 Å². The highest BCUT2D eigenvalue weighted by Crippen LogP contribution is 2.28. The van der Waals surface area contributed by atoms with Gasteiger partial charge in [0.25, 0.3) is 0 Å². The van der Waals surface area contributed by atoms with Crippen LogP contribution < -0.4 is 10.6 Å². The molecule has 2 unspecified atom stereocenters. The van der Waals surface area contributed by atoms with E-state index in [-0.39, 0.29) is 5.91 Å². The molecular formula is C13H21N3O. The first kappa shape index (κ1) is 12.4. The van der Waals surface area contributed by atoms with Gasteiger partial charge in [0.15, 0.2) is 0 Å². The predicted molar refractivity (Wildman–Crippen MR) is 67.4 cm³/mol. The Hall–Kier alpha value is -1.05. The lowest BCUT2D eigenvalue weighted by molar-refractivity contribution is -0.122. The van der Waals surface area contributed by atoms with Gasteiger partial charge in [-0.25, -0.2) is 0 Å². The van der Waals surface area contributed by atoms with E-state index >= 15 is 0 Å². The topological polar surface area (TPSA) is 44.4 Å². The highest BCUT2D eigenvalue weighted by molar-refractivity contribution is 5.78. The molecule has 0 aromatic heterocycles. The SMILES string of the molecule is C#CCNC(=O)CN(C)C1CC2CCC(C1)N2. The molecule has 0 aromatic rings. The van der Waals surface area contributed by atoms with Crippen molar-refractivity contribution in [3.05, 3.63) is 0 Å². The molecule has 94 valence electrons. The van der Waals surface area contributed by atoms with Crippen LogP contribution in [0.25, 0.3) is 0 Å². The minimum Gasteiger partial charge on any atom is -0.344 e. The van der Waals surface area contributed by atoms with Gasteiger partial charge in [-0.15, -0.1) is 6.42 Å². The third-order valence-corrected chi connectivity index (χ3v) is 3.85. The number of hydrogen-bond donors (Lipinski definition) is 2. The van der Waals surface area contributed by atoms with Gasteiger partial charge in [-0.2, -0.15) is 0 Å². The maximum Gasteiger partial charge on any atom is 0.234 e. The first-order valence-electron chi connectivity index (χ1n) is 6.35. The molecule has 4 nitrogen and oxygen atoms in total. The summed E-state index contributed by atoms with van der Waals surface area (Å²) in [5, 5.41) is 6.32. The van der Waals surface area contributed by atoms with Crippen LogP contribution in [-0.4, -0.2) is 49.1 Å². The van der Waals surface area contributed by atoms with Crippen LogP contribution in [0.3, 0.4) is 0 Å². The van der Waals surface area contributed by atoms with Gasteiger partial charge < -0.3 is 10.6 Å². The molecule has 2 rings (SSSR count). The number of carbonyl (C=O) groups excluding carboxylic acids is 1. The quantitative estimate of drug-likeness (QED) is 0.672. The number of hydrogen-bond acceptors (Lipinski definition) is 3. The number of likely N-dealkylation sites (N-methyl/N-ethyl adjacent to an activating group) is 1. The molecule has 2 aliphatic heterocycles. The second kappa shape index (κ2) is 5.52. The van der Waals surface area contributed by atoms with Crippen LogP contribution in [0.2, 0.25) is 0 Å². The van der Waals surface area contributed by atoms with Crippen LogP contribution in [0, 0.1) is 12.3 Å². The highest BCUT2D eigenvalue weighted by Gasteiger charge is 2.35. The van der Waals surface area contributed by atoms with E-state index in [0.29, 0.717) is 31.2 Å². The second-order valence-corrected chi connectivity index (χ2v) is 5.16. The Morgan fingerprint density at radius 2 is 2.12 bits per heavy atom. The number of amides is 1. The number of piperidine rings is 1. The summed E-state index contributed by atoms with van der Waals surface area (Å²) in [6.45, 7) is 0.774. The third kappa shape index (κ3) is 3.21. The molecule has 1 amide bonds. The molecule has 2 N–H and O–H groups in total. The molecule has 0 saturated carbocycles. The summed E-state index contributed by atoms with van der Waals surface area (Å²) in [6.07, 6.45) is 10.0. The molecule has 0 aliphatic carbocycles. The van der Waals surface area contributed by atoms with Crippen molar-refractivity contribution in [3.8, 4) is 12.3 Å². The summed E-state index contributed by atoms with van der Waals surface area (Å²) in [5.41, 5.74) is 0. The van der Waals surface area contributed by atoms with Crippen molar-refractivity contribution in [2.75, 3.05) is 20.1 Å². The Morgan fingerprint density at radius 3 is 2.71 bits per heavy atom. The van der Waals surface area contributed by atoms with E-state index in [9.17, 15) is 4.79 Å². The van der Waals surface area contributed by atoms with Crippen molar-refractivity contribution >= 4 is 5.91 Å². The van der Waals surface area contributed by atoms with E-state index in [4.69, 9.17) is 6.42 Å². The molecule has 17 heavy (non-hydrogen) atoms. The van der Waals surface area contributed by atoms with Gasteiger partial charge in [0, 0.05) is 18.1 Å². The molecule has 2 atom stereocenters. The van der Waals surface area contributed by atoms with E-state index in [1.54, 1.807) is 0 Å². The standard InChI is InChI=1S/C13H21N3O/c1-3-6-14-13(17)9-16(2)12-7-10-4-5-11(8-12)15-10/h1,10-12,15H,4-9H2,2H3,(H,14,17). The first-order chi connectivity index (χ1) is 8.19. The van der Waals surface area contributed by atoms with E-state index in [0.717, 1.165) is 12.8 Å². The van der Waals surface area contributed by atoms with Crippen molar-refractivity contribution in [1.29, 1.82) is 0 Å². The lowest BCUT2D eigenvalue weighted by Crippen LogP contribution is -2.49. The molecule has 2 saturated heterocycles. The molecule has 0 spiro atoms. The normalized spacial score (nSPS) is 31.2. The van der Waals surface area contributed by atoms with E-state index in [1.165, 1.54) is 12.8 Å². The average molecular weight is 235 g/mol. The minimum atomic E-state index is 0.0244. The Bertz CT molecular complexity index is 311. The van der Waals surface area contributed by atoms with E-state index in [1.807, 2.05) is 7.05 Å².